The van der Waals surface area contributed by atoms with Crippen LogP contribution in [0, 0.1) is 5.82 Å². The molecule has 1 atom stereocenters. The van der Waals surface area contributed by atoms with Crippen molar-refractivity contribution in [2.75, 3.05) is 5.32 Å². The van der Waals surface area contributed by atoms with E-state index in [-0.39, 0.29) is 5.39 Å². The van der Waals surface area contributed by atoms with Gasteiger partial charge >= 0.3 is 0 Å². The minimum Gasteiger partial charge on any atom is -0.358 e. The van der Waals surface area contributed by atoms with Crippen molar-refractivity contribution < 1.29 is 4.39 Å². The van der Waals surface area contributed by atoms with E-state index in [2.05, 4.69) is 30.2 Å². The van der Waals surface area contributed by atoms with Crippen molar-refractivity contribution in [1.29, 1.82) is 0 Å². The van der Waals surface area contributed by atoms with Gasteiger partial charge in [-0.2, -0.15) is 0 Å². The molecular weight excluding hydrogens is 456 g/mol. The molecule has 0 fully saturated rings. The van der Waals surface area contributed by atoms with Gasteiger partial charge in [-0.3, -0.25) is 9.36 Å². The fourth-order valence-corrected chi connectivity index (χ4v) is 3.86. The summed E-state index contributed by atoms with van der Waals surface area (Å²) in [6, 6.07) is 8.10. The fourth-order valence-electron chi connectivity index (χ4n) is 3.50. The van der Waals surface area contributed by atoms with E-state index in [0.29, 0.717) is 44.1 Å². The molecule has 0 bridgehead atoms. The Hall–Kier alpha value is -3.56. The highest BCUT2D eigenvalue weighted by atomic mass is 35.5. The highest BCUT2D eigenvalue weighted by Crippen LogP contribution is 2.28. The van der Waals surface area contributed by atoms with Gasteiger partial charge in [-0.1, -0.05) is 23.2 Å². The molecule has 160 valence electrons. The van der Waals surface area contributed by atoms with Crippen LogP contribution in [0.3, 0.4) is 0 Å². The number of nitrogens with zero attached hydrogens (tertiary/aromatic N) is 5. The third-order valence-electron chi connectivity index (χ3n) is 4.96. The van der Waals surface area contributed by atoms with E-state index >= 15 is 0 Å². The van der Waals surface area contributed by atoms with E-state index in [1.54, 1.807) is 18.2 Å². The Bertz CT molecular complexity index is 1550. The fraction of sp³-hybridized carbons (Fsp3) is 0.0952. The van der Waals surface area contributed by atoms with Gasteiger partial charge in [0.15, 0.2) is 11.5 Å². The number of halogens is 3. The number of aromatic nitrogens is 6. The molecule has 0 unspecified atom stereocenters. The lowest BCUT2D eigenvalue weighted by Crippen LogP contribution is -2.27. The van der Waals surface area contributed by atoms with Crippen LogP contribution in [0.5, 0.6) is 0 Å². The predicted molar refractivity (Wildman–Crippen MR) is 121 cm³/mol. The SMILES string of the molecule is C[C@@H](Nc1ncnc2[nH]cnc12)c1nc2ccc(F)cc2c(=O)n1-c1cc(Cl)ccc1Cl. The van der Waals surface area contributed by atoms with E-state index in [0.717, 1.165) is 6.07 Å². The molecule has 0 saturated heterocycles. The monoisotopic (exact) mass is 469 g/mol. The van der Waals surface area contributed by atoms with Gasteiger partial charge in [0.05, 0.1) is 34.0 Å². The summed E-state index contributed by atoms with van der Waals surface area (Å²) in [7, 11) is 0. The van der Waals surface area contributed by atoms with Crippen molar-refractivity contribution in [2.45, 2.75) is 13.0 Å². The molecule has 0 aliphatic rings. The first-order chi connectivity index (χ1) is 15.4. The average molecular weight is 470 g/mol. The molecule has 0 spiro atoms. The van der Waals surface area contributed by atoms with Crippen LogP contribution >= 0.6 is 23.2 Å². The predicted octanol–water partition coefficient (Wildman–Crippen LogP) is 4.67. The molecule has 2 aromatic carbocycles. The normalized spacial score (nSPS) is 12.4. The highest BCUT2D eigenvalue weighted by Gasteiger charge is 2.21. The van der Waals surface area contributed by atoms with Gasteiger partial charge in [0.1, 0.15) is 23.5 Å². The standard InChI is InChI=1S/C21H14Cl2FN7O/c1-10(29-19-17-18(26-8-25-17)27-9-28-19)20-30-15-5-3-12(24)7-13(15)21(32)31(20)16-6-11(22)2-4-14(16)23/h2-10H,1H3,(H2,25,26,27,28,29)/t10-/m1/s1. The van der Waals surface area contributed by atoms with Crippen molar-refractivity contribution in [3.8, 4) is 5.69 Å². The van der Waals surface area contributed by atoms with Crippen molar-refractivity contribution >= 4 is 51.1 Å². The topological polar surface area (TPSA) is 101 Å². The van der Waals surface area contributed by atoms with Crippen molar-refractivity contribution in [2.24, 2.45) is 0 Å². The number of rotatable bonds is 4. The maximum Gasteiger partial charge on any atom is 0.266 e. The molecule has 0 aliphatic heterocycles. The van der Waals surface area contributed by atoms with E-state index in [4.69, 9.17) is 23.2 Å². The second-order valence-electron chi connectivity index (χ2n) is 7.06. The zero-order valence-electron chi connectivity index (χ0n) is 16.5. The summed E-state index contributed by atoms with van der Waals surface area (Å²) < 4.78 is 15.2. The Morgan fingerprint density at radius 2 is 1.97 bits per heavy atom. The second-order valence-corrected chi connectivity index (χ2v) is 7.90. The summed E-state index contributed by atoms with van der Waals surface area (Å²) in [5.74, 6) is 0.252. The molecule has 0 aliphatic carbocycles. The third-order valence-corrected chi connectivity index (χ3v) is 5.52. The van der Waals surface area contributed by atoms with Crippen LogP contribution in [-0.4, -0.2) is 29.5 Å². The summed E-state index contributed by atoms with van der Waals surface area (Å²) >= 11 is 12.6. The smallest absolute Gasteiger partial charge is 0.266 e. The molecule has 2 N–H and O–H groups in total. The van der Waals surface area contributed by atoms with Crippen molar-refractivity contribution in [3.05, 3.63) is 81.1 Å². The lowest BCUT2D eigenvalue weighted by atomic mass is 10.2. The Balaban J connectivity index is 1.74. The van der Waals surface area contributed by atoms with Gasteiger partial charge in [-0.05, 0) is 43.3 Å². The van der Waals surface area contributed by atoms with Gasteiger partial charge in [0, 0.05) is 5.02 Å². The first-order valence-corrected chi connectivity index (χ1v) is 10.3. The Morgan fingerprint density at radius 3 is 2.81 bits per heavy atom. The molecule has 5 rings (SSSR count). The Labute approximate surface area is 190 Å². The van der Waals surface area contributed by atoms with Gasteiger partial charge in [0.2, 0.25) is 0 Å². The van der Waals surface area contributed by atoms with Crippen LogP contribution in [0.25, 0.3) is 27.8 Å². The van der Waals surface area contributed by atoms with Crippen LogP contribution in [0.15, 0.2) is 53.8 Å². The molecule has 0 amide bonds. The zero-order valence-corrected chi connectivity index (χ0v) is 18.0. The molecule has 11 heteroatoms. The molecule has 3 aromatic heterocycles. The maximum atomic E-state index is 13.9. The summed E-state index contributed by atoms with van der Waals surface area (Å²) in [5, 5.41) is 4.02. The van der Waals surface area contributed by atoms with Crippen LogP contribution in [0.1, 0.15) is 18.8 Å². The third kappa shape index (κ3) is 3.45. The summed E-state index contributed by atoms with van der Waals surface area (Å²) in [6.45, 7) is 1.81. The first-order valence-electron chi connectivity index (χ1n) is 9.50. The van der Waals surface area contributed by atoms with Gasteiger partial charge in [-0.25, -0.2) is 24.3 Å². The number of imidazole rings is 1. The maximum absolute atomic E-state index is 13.9. The first kappa shape index (κ1) is 20.3. The molecule has 32 heavy (non-hydrogen) atoms. The lowest BCUT2D eigenvalue weighted by Gasteiger charge is -2.21. The van der Waals surface area contributed by atoms with Crippen LogP contribution < -0.4 is 10.9 Å². The number of hydrogen-bond donors (Lipinski definition) is 2. The summed E-state index contributed by atoms with van der Waals surface area (Å²) in [4.78, 5) is 33.7. The van der Waals surface area contributed by atoms with E-state index in [9.17, 15) is 9.18 Å². The molecule has 0 saturated carbocycles. The van der Waals surface area contributed by atoms with Crippen LogP contribution in [0.4, 0.5) is 10.2 Å². The number of fused-ring (bicyclic) bond motifs is 2. The Morgan fingerprint density at radius 1 is 1.12 bits per heavy atom. The van der Waals surface area contributed by atoms with Crippen molar-refractivity contribution in [1.82, 2.24) is 29.5 Å². The number of nitrogens with one attached hydrogen (secondary N) is 2. The molecule has 5 aromatic rings. The minimum atomic E-state index is -0.541. The number of H-pyrrole nitrogens is 1. The molecule has 0 radical (unpaired) electrons. The minimum absolute atomic E-state index is 0.119. The number of anilines is 1. The van der Waals surface area contributed by atoms with Gasteiger partial charge < -0.3 is 10.3 Å². The largest absolute Gasteiger partial charge is 0.358 e. The number of benzene rings is 2. The lowest BCUT2D eigenvalue weighted by molar-refractivity contribution is 0.629. The van der Waals surface area contributed by atoms with E-state index in [1.807, 2.05) is 6.92 Å². The molecule has 3 heterocycles. The van der Waals surface area contributed by atoms with Crippen molar-refractivity contribution in [3.63, 3.8) is 0 Å². The zero-order chi connectivity index (χ0) is 22.4. The molecular formula is C21H14Cl2FN7O. The van der Waals surface area contributed by atoms with Gasteiger partial charge in [0.25, 0.3) is 5.56 Å². The Kier molecular flexibility index (Phi) is 4.99. The summed E-state index contributed by atoms with van der Waals surface area (Å²) in [6.07, 6.45) is 2.91. The highest BCUT2D eigenvalue weighted by molar-refractivity contribution is 6.34. The number of hydrogen-bond acceptors (Lipinski definition) is 6. The number of aromatic amines is 1. The van der Waals surface area contributed by atoms with E-state index < -0.39 is 17.4 Å². The summed E-state index contributed by atoms with van der Waals surface area (Å²) in [5.41, 5.74) is 1.31. The van der Waals surface area contributed by atoms with Gasteiger partial charge in [-0.15, -0.1) is 0 Å². The second kappa shape index (κ2) is 7.85. The van der Waals surface area contributed by atoms with Crippen LogP contribution in [0.2, 0.25) is 10.0 Å². The quantitative estimate of drug-likeness (QED) is 0.396. The van der Waals surface area contributed by atoms with E-state index in [1.165, 1.54) is 29.4 Å². The molecule has 8 nitrogen and oxygen atoms in total. The average Bonchev–Trinajstić information content (AvgIpc) is 3.26. The van der Waals surface area contributed by atoms with Crippen LogP contribution in [-0.2, 0) is 0 Å².